The van der Waals surface area contributed by atoms with Crippen LogP contribution in [-0.2, 0) is 10.8 Å². The number of rotatable bonds is 1. The SMILES string of the molecule is CC(C)(C)c1ccc(C2(C)CC2Br)cc1. The van der Waals surface area contributed by atoms with E-state index in [-0.39, 0.29) is 5.41 Å². The second-order valence-electron chi connectivity index (χ2n) is 5.92. The van der Waals surface area contributed by atoms with Crippen LogP contribution in [0.25, 0.3) is 0 Å². The van der Waals surface area contributed by atoms with Crippen molar-refractivity contribution in [3.8, 4) is 0 Å². The Bertz CT molecular complexity index is 358. The largest absolute Gasteiger partial charge is 0.0881 e. The molecule has 1 fully saturated rings. The summed E-state index contributed by atoms with van der Waals surface area (Å²) in [6.45, 7) is 9.11. The highest BCUT2D eigenvalue weighted by molar-refractivity contribution is 9.09. The maximum absolute atomic E-state index is 3.70. The van der Waals surface area contributed by atoms with Crippen molar-refractivity contribution in [2.24, 2.45) is 0 Å². The van der Waals surface area contributed by atoms with Crippen LogP contribution in [0.5, 0.6) is 0 Å². The van der Waals surface area contributed by atoms with Crippen LogP contribution in [0.1, 0.15) is 45.2 Å². The van der Waals surface area contributed by atoms with E-state index in [1.807, 2.05) is 0 Å². The first-order chi connectivity index (χ1) is 6.84. The van der Waals surface area contributed by atoms with Crippen LogP contribution in [0, 0.1) is 0 Å². The zero-order valence-corrected chi connectivity index (χ0v) is 11.6. The van der Waals surface area contributed by atoms with Gasteiger partial charge in [0.1, 0.15) is 0 Å². The van der Waals surface area contributed by atoms with Gasteiger partial charge in [0.2, 0.25) is 0 Å². The summed E-state index contributed by atoms with van der Waals surface area (Å²) in [6, 6.07) is 9.14. The van der Waals surface area contributed by atoms with Crippen molar-refractivity contribution in [1.29, 1.82) is 0 Å². The molecule has 1 aliphatic carbocycles. The topological polar surface area (TPSA) is 0 Å². The number of benzene rings is 1. The van der Waals surface area contributed by atoms with Crippen LogP contribution in [0.4, 0.5) is 0 Å². The molecule has 0 spiro atoms. The minimum Gasteiger partial charge on any atom is -0.0881 e. The summed E-state index contributed by atoms with van der Waals surface area (Å²) in [5.74, 6) is 0. The quantitative estimate of drug-likeness (QED) is 0.661. The van der Waals surface area contributed by atoms with E-state index in [2.05, 4.69) is 67.9 Å². The lowest BCUT2D eigenvalue weighted by atomic mass is 9.85. The molecule has 2 rings (SSSR count). The predicted molar refractivity (Wildman–Crippen MR) is 69.8 cm³/mol. The molecule has 0 radical (unpaired) electrons. The Balaban J connectivity index is 2.26. The first-order valence-corrected chi connectivity index (χ1v) is 6.51. The predicted octanol–water partition coefficient (Wildman–Crippen LogP) is 4.41. The first kappa shape index (κ1) is 11.2. The summed E-state index contributed by atoms with van der Waals surface area (Å²) < 4.78 is 0. The van der Waals surface area contributed by atoms with Crippen LogP contribution in [0.3, 0.4) is 0 Å². The monoisotopic (exact) mass is 266 g/mol. The number of alkyl halides is 1. The minimum atomic E-state index is 0.261. The van der Waals surface area contributed by atoms with Gasteiger partial charge in [-0.25, -0.2) is 0 Å². The molecule has 82 valence electrons. The molecule has 0 amide bonds. The molecule has 0 bridgehead atoms. The zero-order valence-electron chi connectivity index (χ0n) is 9.97. The van der Waals surface area contributed by atoms with E-state index >= 15 is 0 Å². The van der Waals surface area contributed by atoms with E-state index in [0.29, 0.717) is 10.2 Å². The Hall–Kier alpha value is -0.300. The molecule has 1 aromatic carbocycles. The minimum absolute atomic E-state index is 0.261. The molecule has 1 saturated carbocycles. The van der Waals surface area contributed by atoms with Crippen LogP contribution in [-0.4, -0.2) is 4.83 Å². The van der Waals surface area contributed by atoms with E-state index in [0.717, 1.165) is 0 Å². The molecular formula is C14H19Br. The molecule has 0 N–H and O–H groups in total. The van der Waals surface area contributed by atoms with E-state index in [9.17, 15) is 0 Å². The van der Waals surface area contributed by atoms with E-state index in [1.54, 1.807) is 0 Å². The van der Waals surface area contributed by atoms with Gasteiger partial charge in [-0.15, -0.1) is 0 Å². The third-order valence-electron chi connectivity index (χ3n) is 3.54. The maximum Gasteiger partial charge on any atom is 0.0249 e. The molecule has 15 heavy (non-hydrogen) atoms. The van der Waals surface area contributed by atoms with Gasteiger partial charge in [0, 0.05) is 10.2 Å². The Morgan fingerprint density at radius 3 is 2.00 bits per heavy atom. The van der Waals surface area contributed by atoms with Gasteiger partial charge in [-0.2, -0.15) is 0 Å². The average Bonchev–Trinajstić information content (AvgIpc) is 2.75. The Morgan fingerprint density at radius 2 is 1.67 bits per heavy atom. The summed E-state index contributed by atoms with van der Waals surface area (Å²) in [6.07, 6.45) is 1.27. The van der Waals surface area contributed by atoms with Crippen molar-refractivity contribution >= 4 is 15.9 Å². The van der Waals surface area contributed by atoms with Crippen molar-refractivity contribution in [2.75, 3.05) is 0 Å². The molecule has 1 aliphatic rings. The molecular weight excluding hydrogens is 248 g/mol. The molecule has 0 saturated heterocycles. The Labute approximate surface area is 101 Å². The summed E-state index contributed by atoms with van der Waals surface area (Å²) >= 11 is 3.70. The fourth-order valence-electron chi connectivity index (χ4n) is 1.96. The standard InChI is InChI=1S/C14H19Br/c1-13(2,3)10-5-7-11(8-6-10)14(4)9-12(14)15/h5-8,12H,9H2,1-4H3. The number of halogens is 1. The zero-order chi connectivity index (χ0) is 11.3. The highest BCUT2D eigenvalue weighted by atomic mass is 79.9. The van der Waals surface area contributed by atoms with Gasteiger partial charge in [0.25, 0.3) is 0 Å². The maximum atomic E-state index is 3.70. The molecule has 0 nitrogen and oxygen atoms in total. The van der Waals surface area contributed by atoms with Crippen molar-refractivity contribution in [2.45, 2.75) is 49.8 Å². The third-order valence-corrected chi connectivity index (χ3v) is 4.88. The summed E-state index contributed by atoms with van der Waals surface area (Å²) in [5.41, 5.74) is 3.53. The van der Waals surface area contributed by atoms with Crippen LogP contribution in [0.2, 0.25) is 0 Å². The third kappa shape index (κ3) is 1.99. The summed E-state index contributed by atoms with van der Waals surface area (Å²) in [4.78, 5) is 0.672. The summed E-state index contributed by atoms with van der Waals surface area (Å²) in [5, 5.41) is 0. The molecule has 1 heteroatoms. The van der Waals surface area contributed by atoms with Crippen molar-refractivity contribution < 1.29 is 0 Å². The second kappa shape index (κ2) is 3.35. The van der Waals surface area contributed by atoms with Crippen molar-refractivity contribution in [3.63, 3.8) is 0 Å². The fourth-order valence-corrected chi connectivity index (χ4v) is 2.90. The molecule has 0 aliphatic heterocycles. The van der Waals surface area contributed by atoms with Crippen LogP contribution < -0.4 is 0 Å². The Morgan fingerprint density at radius 1 is 1.20 bits per heavy atom. The van der Waals surface area contributed by atoms with Gasteiger partial charge >= 0.3 is 0 Å². The molecule has 0 heterocycles. The van der Waals surface area contributed by atoms with Gasteiger partial charge < -0.3 is 0 Å². The number of hydrogen-bond donors (Lipinski definition) is 0. The molecule has 1 aromatic rings. The lowest BCUT2D eigenvalue weighted by Crippen LogP contribution is -2.12. The van der Waals surface area contributed by atoms with E-state index in [4.69, 9.17) is 0 Å². The van der Waals surface area contributed by atoms with E-state index in [1.165, 1.54) is 17.5 Å². The molecule has 2 atom stereocenters. The van der Waals surface area contributed by atoms with Crippen molar-refractivity contribution in [1.82, 2.24) is 0 Å². The van der Waals surface area contributed by atoms with Gasteiger partial charge in [-0.1, -0.05) is 67.9 Å². The second-order valence-corrected chi connectivity index (χ2v) is 7.02. The average molecular weight is 267 g/mol. The fraction of sp³-hybridized carbons (Fsp3) is 0.571. The van der Waals surface area contributed by atoms with Gasteiger partial charge in [0.05, 0.1) is 0 Å². The van der Waals surface area contributed by atoms with Crippen LogP contribution in [0.15, 0.2) is 24.3 Å². The normalized spacial score (nSPS) is 30.3. The van der Waals surface area contributed by atoms with Crippen LogP contribution >= 0.6 is 15.9 Å². The van der Waals surface area contributed by atoms with E-state index < -0.39 is 0 Å². The highest BCUT2D eigenvalue weighted by Crippen LogP contribution is 2.52. The lowest BCUT2D eigenvalue weighted by Gasteiger charge is -2.20. The van der Waals surface area contributed by atoms with Gasteiger partial charge in [0.15, 0.2) is 0 Å². The highest BCUT2D eigenvalue weighted by Gasteiger charge is 2.49. The first-order valence-electron chi connectivity index (χ1n) is 5.59. The summed E-state index contributed by atoms with van der Waals surface area (Å²) in [7, 11) is 0. The lowest BCUT2D eigenvalue weighted by molar-refractivity contribution is 0.589. The molecule has 2 unspecified atom stereocenters. The smallest absolute Gasteiger partial charge is 0.0249 e. The number of hydrogen-bond acceptors (Lipinski definition) is 0. The van der Waals surface area contributed by atoms with Gasteiger partial charge in [-0.3, -0.25) is 0 Å². The molecule has 0 aromatic heterocycles. The van der Waals surface area contributed by atoms with Crippen molar-refractivity contribution in [3.05, 3.63) is 35.4 Å². The Kier molecular flexibility index (Phi) is 2.50. The van der Waals surface area contributed by atoms with Gasteiger partial charge in [-0.05, 0) is 23.0 Å².